The number of anilines is 2. The number of urea groups is 1. The number of aliphatic hydroxyl groups is 2. The molecule has 1 atom stereocenters. The molecule has 28 heavy (non-hydrogen) atoms. The summed E-state index contributed by atoms with van der Waals surface area (Å²) in [6.07, 6.45) is 6.38. The summed E-state index contributed by atoms with van der Waals surface area (Å²) < 4.78 is 0. The quantitative estimate of drug-likeness (QED) is 0.222. The predicted octanol–water partition coefficient (Wildman–Crippen LogP) is 4.37. The summed E-state index contributed by atoms with van der Waals surface area (Å²) in [6, 6.07) is 6.41. The summed E-state index contributed by atoms with van der Waals surface area (Å²) in [5, 5.41) is 26.0. The van der Waals surface area contributed by atoms with Gasteiger partial charge < -0.3 is 26.6 Å². The molecular weight excluding hydrogens is 356 g/mol. The van der Waals surface area contributed by atoms with E-state index < -0.39 is 17.7 Å². The third-order valence-electron chi connectivity index (χ3n) is 4.83. The molecule has 0 aromatic heterocycles. The van der Waals surface area contributed by atoms with E-state index in [1.807, 2.05) is 20.8 Å². The Bertz CT molecular complexity index is 714. The first-order valence-corrected chi connectivity index (χ1v) is 9.76. The lowest BCUT2D eigenvalue weighted by Gasteiger charge is -2.27. The van der Waals surface area contributed by atoms with E-state index in [1.54, 1.807) is 24.3 Å². The lowest BCUT2D eigenvalue weighted by Crippen LogP contribution is -2.30. The second-order valence-corrected chi connectivity index (χ2v) is 8.31. The average Bonchev–Trinajstić information content (AvgIpc) is 2.63. The molecule has 1 fully saturated rings. The summed E-state index contributed by atoms with van der Waals surface area (Å²) in [7, 11) is 0. The van der Waals surface area contributed by atoms with Crippen LogP contribution in [0.2, 0.25) is 0 Å². The molecule has 2 rings (SSSR count). The van der Waals surface area contributed by atoms with E-state index >= 15 is 0 Å². The first-order chi connectivity index (χ1) is 13.1. The van der Waals surface area contributed by atoms with Gasteiger partial charge in [-0.2, -0.15) is 4.99 Å². The number of nitrogens with zero attached hydrogens (tertiary/aromatic N) is 1. The highest BCUT2D eigenvalue weighted by atomic mass is 16.3. The number of amides is 2. The van der Waals surface area contributed by atoms with Crippen LogP contribution >= 0.6 is 0 Å². The smallest absolute Gasteiger partial charge is 0.347 e. The number of nitrogens with one attached hydrogen (secondary N) is 2. The van der Waals surface area contributed by atoms with Crippen LogP contribution in [0.1, 0.15) is 52.9 Å². The maximum absolute atomic E-state index is 12.0. The van der Waals surface area contributed by atoms with Crippen LogP contribution in [-0.4, -0.2) is 28.3 Å². The second kappa shape index (κ2) is 9.59. The van der Waals surface area contributed by atoms with Crippen molar-refractivity contribution in [2.24, 2.45) is 22.1 Å². The minimum absolute atomic E-state index is 0.0495. The molecule has 1 aliphatic carbocycles. The van der Waals surface area contributed by atoms with Gasteiger partial charge in [0.25, 0.3) is 0 Å². The lowest BCUT2D eigenvalue weighted by molar-refractivity contribution is 0.109. The van der Waals surface area contributed by atoms with Gasteiger partial charge in [-0.05, 0) is 37.1 Å². The monoisotopic (exact) mass is 388 g/mol. The van der Waals surface area contributed by atoms with Gasteiger partial charge in [0, 0.05) is 28.8 Å². The van der Waals surface area contributed by atoms with Gasteiger partial charge in [0.05, 0.1) is 0 Å². The molecule has 1 unspecified atom stereocenters. The maximum Gasteiger partial charge on any atom is 0.347 e. The fourth-order valence-electron chi connectivity index (χ4n) is 3.05. The number of benzene rings is 1. The molecule has 1 aliphatic rings. The van der Waals surface area contributed by atoms with Gasteiger partial charge in [0.2, 0.25) is 0 Å². The highest BCUT2D eigenvalue weighted by Gasteiger charge is 2.21. The zero-order valence-electron chi connectivity index (χ0n) is 16.9. The summed E-state index contributed by atoms with van der Waals surface area (Å²) in [5.41, 5.74) is 6.57. The van der Waals surface area contributed by atoms with Crippen molar-refractivity contribution in [1.82, 2.24) is 0 Å². The molecule has 0 saturated heterocycles. The van der Waals surface area contributed by atoms with Crippen molar-refractivity contribution in [2.45, 2.75) is 59.1 Å². The maximum atomic E-state index is 12.0. The zero-order chi connectivity index (χ0) is 20.7. The molecule has 0 bridgehead atoms. The SMILES string of the molecule is CC(C)(C)/C(O)=C/C(N)=N\C(=O)Nc1ccc(NC(O)C2CCCCC2)cc1. The molecule has 7 nitrogen and oxygen atoms in total. The molecule has 1 saturated carbocycles. The Morgan fingerprint density at radius 2 is 1.75 bits per heavy atom. The highest BCUT2D eigenvalue weighted by molar-refractivity contribution is 6.03. The average molecular weight is 389 g/mol. The molecular formula is C21H32N4O3. The second-order valence-electron chi connectivity index (χ2n) is 8.31. The van der Waals surface area contributed by atoms with E-state index in [2.05, 4.69) is 15.6 Å². The normalized spacial score (nSPS) is 17.9. The van der Waals surface area contributed by atoms with Crippen LogP contribution in [0.25, 0.3) is 0 Å². The standard InChI is InChI=1S/C21H32N4O3/c1-21(2,3)17(26)13-18(22)25-20(28)24-16-11-9-15(10-12-16)23-19(27)14-7-5-4-6-8-14/h9-14,19,23,26-27H,4-8H2,1-3H3,(H3,22,24,25,28)/b17-13-. The zero-order valence-corrected chi connectivity index (χ0v) is 16.9. The minimum atomic E-state index is -0.626. The van der Waals surface area contributed by atoms with Crippen LogP contribution in [0.5, 0.6) is 0 Å². The third kappa shape index (κ3) is 6.88. The molecule has 0 heterocycles. The number of carbonyl (C=O) groups excluding carboxylic acids is 1. The predicted molar refractivity (Wildman–Crippen MR) is 113 cm³/mol. The molecule has 154 valence electrons. The first-order valence-electron chi connectivity index (χ1n) is 9.76. The van der Waals surface area contributed by atoms with Crippen molar-refractivity contribution < 1.29 is 15.0 Å². The number of hydrogen-bond acceptors (Lipinski definition) is 4. The van der Waals surface area contributed by atoms with Crippen LogP contribution in [0, 0.1) is 11.3 Å². The first kappa shape index (κ1) is 21.8. The number of aliphatic imine (C=N–C) groups is 1. The van der Waals surface area contributed by atoms with Gasteiger partial charge in [0.1, 0.15) is 17.8 Å². The number of amidine groups is 1. The van der Waals surface area contributed by atoms with Crippen LogP contribution in [0.15, 0.2) is 41.1 Å². The van der Waals surface area contributed by atoms with E-state index in [-0.39, 0.29) is 17.5 Å². The number of carbonyl (C=O) groups is 1. The summed E-state index contributed by atoms with van der Waals surface area (Å²) in [4.78, 5) is 15.7. The summed E-state index contributed by atoms with van der Waals surface area (Å²) in [6.45, 7) is 5.48. The molecule has 6 N–H and O–H groups in total. The van der Waals surface area contributed by atoms with Gasteiger partial charge in [-0.3, -0.25) is 0 Å². The minimum Gasteiger partial charge on any atom is -0.512 e. The van der Waals surface area contributed by atoms with Crippen molar-refractivity contribution in [3.05, 3.63) is 36.1 Å². The largest absolute Gasteiger partial charge is 0.512 e. The fraction of sp³-hybridized carbons (Fsp3) is 0.524. The van der Waals surface area contributed by atoms with Crippen molar-refractivity contribution in [3.8, 4) is 0 Å². The van der Waals surface area contributed by atoms with E-state index in [1.165, 1.54) is 25.3 Å². The van der Waals surface area contributed by atoms with Crippen molar-refractivity contribution in [2.75, 3.05) is 10.6 Å². The van der Waals surface area contributed by atoms with Crippen molar-refractivity contribution in [3.63, 3.8) is 0 Å². The van der Waals surface area contributed by atoms with Crippen LogP contribution in [-0.2, 0) is 0 Å². The Hall–Kier alpha value is -2.54. The Kier molecular flexibility index (Phi) is 7.45. The molecule has 7 heteroatoms. The van der Waals surface area contributed by atoms with E-state index in [0.717, 1.165) is 18.5 Å². The number of rotatable bonds is 5. The van der Waals surface area contributed by atoms with Crippen LogP contribution in [0.4, 0.5) is 16.2 Å². The molecule has 1 aromatic rings. The molecule has 2 amide bonds. The number of nitrogens with two attached hydrogens (primary N) is 1. The van der Waals surface area contributed by atoms with E-state index in [9.17, 15) is 15.0 Å². The molecule has 0 aliphatic heterocycles. The van der Waals surface area contributed by atoms with E-state index in [0.29, 0.717) is 5.69 Å². The van der Waals surface area contributed by atoms with Gasteiger partial charge in [-0.1, -0.05) is 40.0 Å². The Morgan fingerprint density at radius 3 is 2.32 bits per heavy atom. The Morgan fingerprint density at radius 1 is 1.18 bits per heavy atom. The van der Waals surface area contributed by atoms with Gasteiger partial charge in [0.15, 0.2) is 0 Å². The highest BCUT2D eigenvalue weighted by Crippen LogP contribution is 2.27. The Balaban J connectivity index is 1.91. The van der Waals surface area contributed by atoms with Crippen molar-refractivity contribution >= 4 is 23.2 Å². The molecule has 0 radical (unpaired) electrons. The topological polar surface area (TPSA) is 120 Å². The molecule has 0 spiro atoms. The summed E-state index contributed by atoms with van der Waals surface area (Å²) in [5.74, 6) is 0.260. The number of hydrogen-bond donors (Lipinski definition) is 5. The van der Waals surface area contributed by atoms with E-state index in [4.69, 9.17) is 5.73 Å². The van der Waals surface area contributed by atoms with Crippen LogP contribution in [0.3, 0.4) is 0 Å². The van der Waals surface area contributed by atoms with Gasteiger partial charge in [-0.15, -0.1) is 0 Å². The third-order valence-corrected chi connectivity index (χ3v) is 4.83. The molecule has 1 aromatic carbocycles. The van der Waals surface area contributed by atoms with Crippen molar-refractivity contribution in [1.29, 1.82) is 0 Å². The van der Waals surface area contributed by atoms with Gasteiger partial charge >= 0.3 is 6.03 Å². The summed E-state index contributed by atoms with van der Waals surface area (Å²) >= 11 is 0. The number of aliphatic hydroxyl groups excluding tert-OH is 2. The lowest BCUT2D eigenvalue weighted by atomic mass is 9.88. The van der Waals surface area contributed by atoms with Crippen LogP contribution < -0.4 is 16.4 Å². The fourth-order valence-corrected chi connectivity index (χ4v) is 3.05. The Labute approximate surface area is 166 Å². The number of allylic oxidation sites excluding steroid dienone is 1. The van der Waals surface area contributed by atoms with Gasteiger partial charge in [-0.25, -0.2) is 4.79 Å².